The number of aliphatic hydroxyl groups excluding tert-OH is 1. The SMILES string of the molecule is CCCCn1c(N)c(NCC(O)CC)c(=O)[nH]c1=O. The van der Waals surface area contributed by atoms with E-state index in [9.17, 15) is 14.7 Å². The third-order valence-corrected chi connectivity index (χ3v) is 2.96. The van der Waals surface area contributed by atoms with Crippen LogP contribution >= 0.6 is 0 Å². The van der Waals surface area contributed by atoms with Gasteiger partial charge in [-0.25, -0.2) is 4.79 Å². The van der Waals surface area contributed by atoms with E-state index in [1.807, 2.05) is 13.8 Å². The number of aromatic amines is 1. The maximum atomic E-state index is 11.7. The minimum Gasteiger partial charge on any atom is -0.391 e. The molecule has 1 heterocycles. The van der Waals surface area contributed by atoms with Crippen molar-refractivity contribution in [3.05, 3.63) is 20.8 Å². The van der Waals surface area contributed by atoms with Gasteiger partial charge in [-0.2, -0.15) is 0 Å². The summed E-state index contributed by atoms with van der Waals surface area (Å²) >= 11 is 0. The van der Waals surface area contributed by atoms with E-state index < -0.39 is 17.4 Å². The highest BCUT2D eigenvalue weighted by atomic mass is 16.3. The number of hydrogen-bond acceptors (Lipinski definition) is 5. The fourth-order valence-electron chi connectivity index (χ4n) is 1.66. The number of aliphatic hydroxyl groups is 1. The van der Waals surface area contributed by atoms with Crippen LogP contribution in [0.15, 0.2) is 9.59 Å². The second-order valence-corrected chi connectivity index (χ2v) is 4.47. The van der Waals surface area contributed by atoms with Gasteiger partial charge >= 0.3 is 5.69 Å². The van der Waals surface area contributed by atoms with Gasteiger partial charge in [-0.15, -0.1) is 0 Å². The normalized spacial score (nSPS) is 12.4. The van der Waals surface area contributed by atoms with Crippen LogP contribution in [0.1, 0.15) is 33.1 Å². The van der Waals surface area contributed by atoms with Gasteiger partial charge in [0, 0.05) is 13.1 Å². The lowest BCUT2D eigenvalue weighted by atomic mass is 10.2. The summed E-state index contributed by atoms with van der Waals surface area (Å²) in [7, 11) is 0. The van der Waals surface area contributed by atoms with Gasteiger partial charge in [0.05, 0.1) is 6.10 Å². The number of nitrogens with one attached hydrogen (secondary N) is 2. The molecule has 1 atom stereocenters. The predicted molar refractivity (Wildman–Crippen MR) is 75.4 cm³/mol. The van der Waals surface area contributed by atoms with Gasteiger partial charge in [-0.3, -0.25) is 14.3 Å². The molecule has 1 unspecified atom stereocenters. The second kappa shape index (κ2) is 6.98. The van der Waals surface area contributed by atoms with Crippen LogP contribution in [-0.2, 0) is 6.54 Å². The molecule has 0 amide bonds. The quantitative estimate of drug-likeness (QED) is 0.561. The summed E-state index contributed by atoms with van der Waals surface area (Å²) in [5, 5.41) is 12.3. The Labute approximate surface area is 111 Å². The molecule has 0 saturated heterocycles. The van der Waals surface area contributed by atoms with Crippen molar-refractivity contribution in [2.75, 3.05) is 17.6 Å². The van der Waals surface area contributed by atoms with Gasteiger partial charge in [0.25, 0.3) is 5.56 Å². The minimum atomic E-state index is -0.560. The van der Waals surface area contributed by atoms with Crippen molar-refractivity contribution in [2.24, 2.45) is 0 Å². The predicted octanol–water partition coefficient (Wildman–Crippen LogP) is 0.102. The third kappa shape index (κ3) is 3.85. The zero-order valence-electron chi connectivity index (χ0n) is 11.4. The summed E-state index contributed by atoms with van der Waals surface area (Å²) in [6, 6.07) is 0. The third-order valence-electron chi connectivity index (χ3n) is 2.96. The van der Waals surface area contributed by atoms with E-state index in [1.165, 1.54) is 4.57 Å². The smallest absolute Gasteiger partial charge is 0.330 e. The summed E-state index contributed by atoms with van der Waals surface area (Å²) in [5.74, 6) is 0.116. The Balaban J connectivity index is 3.03. The van der Waals surface area contributed by atoms with E-state index in [4.69, 9.17) is 5.73 Å². The van der Waals surface area contributed by atoms with Crippen LogP contribution in [0.3, 0.4) is 0 Å². The maximum absolute atomic E-state index is 11.7. The molecule has 7 nitrogen and oxygen atoms in total. The highest BCUT2D eigenvalue weighted by Gasteiger charge is 2.12. The molecule has 0 saturated carbocycles. The first kappa shape index (κ1) is 15.3. The molecule has 1 aromatic heterocycles. The van der Waals surface area contributed by atoms with Crippen molar-refractivity contribution >= 4 is 11.5 Å². The molecule has 1 rings (SSSR count). The first-order valence-electron chi connectivity index (χ1n) is 6.55. The molecule has 0 aliphatic carbocycles. The van der Waals surface area contributed by atoms with E-state index in [2.05, 4.69) is 10.3 Å². The fourth-order valence-corrected chi connectivity index (χ4v) is 1.66. The van der Waals surface area contributed by atoms with Crippen LogP contribution in [0.5, 0.6) is 0 Å². The number of unbranched alkanes of at least 4 members (excludes halogenated alkanes) is 1. The summed E-state index contributed by atoms with van der Waals surface area (Å²) in [5.41, 5.74) is 4.93. The van der Waals surface area contributed by atoms with Crippen LogP contribution in [0.2, 0.25) is 0 Å². The number of rotatable bonds is 7. The zero-order chi connectivity index (χ0) is 14.4. The first-order valence-corrected chi connectivity index (χ1v) is 6.55. The molecule has 7 heteroatoms. The Morgan fingerprint density at radius 3 is 2.68 bits per heavy atom. The number of aromatic nitrogens is 2. The van der Waals surface area contributed by atoms with Gasteiger partial charge in [0.15, 0.2) is 0 Å². The number of nitrogens with zero attached hydrogens (tertiary/aromatic N) is 1. The summed E-state index contributed by atoms with van der Waals surface area (Å²) < 4.78 is 1.34. The first-order chi connectivity index (χ1) is 9.01. The van der Waals surface area contributed by atoms with E-state index in [0.29, 0.717) is 13.0 Å². The molecule has 0 aromatic carbocycles. The van der Waals surface area contributed by atoms with Crippen molar-refractivity contribution in [1.82, 2.24) is 9.55 Å². The van der Waals surface area contributed by atoms with Crippen molar-refractivity contribution in [2.45, 2.75) is 45.8 Å². The summed E-state index contributed by atoms with van der Waals surface area (Å²) in [6.45, 7) is 4.52. The van der Waals surface area contributed by atoms with Crippen LogP contribution in [0.4, 0.5) is 11.5 Å². The topological polar surface area (TPSA) is 113 Å². The van der Waals surface area contributed by atoms with Gasteiger partial charge in [0.2, 0.25) is 0 Å². The largest absolute Gasteiger partial charge is 0.391 e. The van der Waals surface area contributed by atoms with E-state index in [1.54, 1.807) is 0 Å². The summed E-state index contributed by atoms with van der Waals surface area (Å²) in [4.78, 5) is 25.6. The number of anilines is 2. The molecule has 0 fully saturated rings. The fraction of sp³-hybridized carbons (Fsp3) is 0.667. The van der Waals surface area contributed by atoms with Gasteiger partial charge in [-0.05, 0) is 12.8 Å². The number of H-pyrrole nitrogens is 1. The molecular formula is C12H22N4O3. The molecule has 0 radical (unpaired) electrons. The van der Waals surface area contributed by atoms with Crippen LogP contribution in [0.25, 0.3) is 0 Å². The van der Waals surface area contributed by atoms with E-state index in [0.717, 1.165) is 12.8 Å². The Morgan fingerprint density at radius 2 is 2.11 bits per heavy atom. The van der Waals surface area contributed by atoms with E-state index in [-0.39, 0.29) is 18.1 Å². The molecule has 5 N–H and O–H groups in total. The maximum Gasteiger partial charge on any atom is 0.330 e. The number of hydrogen-bond donors (Lipinski definition) is 4. The molecule has 19 heavy (non-hydrogen) atoms. The number of nitrogen functional groups attached to an aromatic ring is 1. The molecular weight excluding hydrogens is 248 g/mol. The Morgan fingerprint density at radius 1 is 1.42 bits per heavy atom. The van der Waals surface area contributed by atoms with Crippen molar-refractivity contribution < 1.29 is 5.11 Å². The highest BCUT2D eigenvalue weighted by Crippen LogP contribution is 2.11. The summed E-state index contributed by atoms with van der Waals surface area (Å²) in [6.07, 6.45) is 1.73. The van der Waals surface area contributed by atoms with Crippen molar-refractivity contribution in [3.8, 4) is 0 Å². The van der Waals surface area contributed by atoms with Gasteiger partial charge in [-0.1, -0.05) is 20.3 Å². The highest BCUT2D eigenvalue weighted by molar-refractivity contribution is 5.60. The lowest BCUT2D eigenvalue weighted by Gasteiger charge is -2.15. The average molecular weight is 270 g/mol. The Kier molecular flexibility index (Phi) is 5.62. The average Bonchev–Trinajstić information content (AvgIpc) is 2.37. The zero-order valence-corrected chi connectivity index (χ0v) is 11.4. The number of nitrogens with two attached hydrogens (primary N) is 1. The molecule has 0 aliphatic rings. The standard InChI is InChI=1S/C12H22N4O3/c1-3-5-6-16-10(13)9(11(18)15-12(16)19)14-7-8(17)4-2/h8,14,17H,3-7,13H2,1-2H3,(H,15,18,19). The molecule has 0 bridgehead atoms. The van der Waals surface area contributed by atoms with Crippen LogP contribution in [0, 0.1) is 0 Å². The van der Waals surface area contributed by atoms with Crippen LogP contribution < -0.4 is 22.3 Å². The molecule has 1 aromatic rings. The van der Waals surface area contributed by atoms with Gasteiger partial charge < -0.3 is 16.2 Å². The lowest BCUT2D eigenvalue weighted by molar-refractivity contribution is 0.183. The second-order valence-electron chi connectivity index (χ2n) is 4.47. The van der Waals surface area contributed by atoms with Crippen molar-refractivity contribution in [1.29, 1.82) is 0 Å². The molecule has 108 valence electrons. The molecule has 0 aliphatic heterocycles. The lowest BCUT2D eigenvalue weighted by Crippen LogP contribution is -2.35. The Hall–Kier alpha value is -1.76. The van der Waals surface area contributed by atoms with Crippen LogP contribution in [-0.4, -0.2) is 27.3 Å². The van der Waals surface area contributed by atoms with Gasteiger partial charge in [0.1, 0.15) is 11.5 Å². The molecule has 0 spiro atoms. The minimum absolute atomic E-state index is 0.116. The van der Waals surface area contributed by atoms with E-state index >= 15 is 0 Å². The monoisotopic (exact) mass is 270 g/mol. The van der Waals surface area contributed by atoms with Crippen molar-refractivity contribution in [3.63, 3.8) is 0 Å². The Bertz CT molecular complexity index is 521.